The van der Waals surface area contributed by atoms with E-state index in [1.165, 1.54) is 18.7 Å². The van der Waals surface area contributed by atoms with E-state index in [9.17, 15) is 15.2 Å². The second kappa shape index (κ2) is 13.7. The summed E-state index contributed by atoms with van der Waals surface area (Å²) in [6.45, 7) is 3.07. The molecular weight excluding hydrogens is 640 g/mol. The van der Waals surface area contributed by atoms with E-state index in [0.717, 1.165) is 37.8 Å². The van der Waals surface area contributed by atoms with Gasteiger partial charge in [0.2, 0.25) is 5.91 Å². The number of hydrogen-bond acceptors (Lipinski definition) is 9. The summed E-state index contributed by atoms with van der Waals surface area (Å²) in [4.78, 5) is 21.9. The van der Waals surface area contributed by atoms with Gasteiger partial charge in [-0.05, 0) is 93.7 Å². The van der Waals surface area contributed by atoms with Crippen LogP contribution in [-0.4, -0.2) is 45.3 Å². The Bertz CT molecular complexity index is 1930. The van der Waals surface area contributed by atoms with Gasteiger partial charge in [0, 0.05) is 47.7 Å². The Labute approximate surface area is 290 Å². The van der Waals surface area contributed by atoms with E-state index in [2.05, 4.69) is 32.0 Å². The topological polar surface area (TPSA) is 141 Å². The van der Waals surface area contributed by atoms with Crippen molar-refractivity contribution in [2.75, 3.05) is 23.8 Å². The molecule has 8 rings (SSSR count). The van der Waals surface area contributed by atoms with Gasteiger partial charge in [0.05, 0.1) is 45.4 Å². The lowest BCUT2D eigenvalue weighted by atomic mass is 9.51. The van der Waals surface area contributed by atoms with Crippen molar-refractivity contribution in [3.63, 3.8) is 0 Å². The number of carbonyl (C=O) groups is 1. The lowest BCUT2D eigenvalue weighted by Gasteiger charge is -2.60. The number of pyridine rings is 2. The maximum Gasteiger partial charge on any atom is 0.248 e. The molecule has 2 aromatic heterocycles. The number of amides is 1. The van der Waals surface area contributed by atoms with Crippen molar-refractivity contribution in [1.29, 1.82) is 5.26 Å². The lowest BCUT2D eigenvalue weighted by Crippen LogP contribution is -2.64. The highest BCUT2D eigenvalue weighted by Gasteiger charge is 2.56. The van der Waals surface area contributed by atoms with Crippen LogP contribution in [0.2, 0.25) is 5.02 Å². The van der Waals surface area contributed by atoms with Gasteiger partial charge in [0.15, 0.2) is 0 Å². The zero-order chi connectivity index (χ0) is 34.0. The Balaban J connectivity index is 1.07. The van der Waals surface area contributed by atoms with Crippen LogP contribution in [0.1, 0.15) is 56.7 Å². The molecule has 0 radical (unpaired) electrons. The second-order valence-corrected chi connectivity index (χ2v) is 14.0. The highest BCUT2D eigenvalue weighted by Crippen LogP contribution is 2.57. The van der Waals surface area contributed by atoms with Crippen LogP contribution in [0.15, 0.2) is 73.1 Å². The van der Waals surface area contributed by atoms with Crippen molar-refractivity contribution >= 4 is 45.5 Å². The molecule has 2 aromatic carbocycles. The SMILES string of the molecule is CCOc1cc2ncc(C#N)c(Nc3ccc(OCc4ccccn4)c(Cl)c3)c2cc1NC(=O)/C=C/CNC12CC3CC(CC(O)(C3)C1)C2. The molecule has 4 aliphatic rings. The molecule has 2 atom stereocenters. The van der Waals surface area contributed by atoms with Gasteiger partial charge in [-0.3, -0.25) is 14.8 Å². The van der Waals surface area contributed by atoms with E-state index in [4.69, 9.17) is 21.1 Å². The molecule has 0 saturated heterocycles. The minimum Gasteiger partial charge on any atom is -0.492 e. The fourth-order valence-corrected chi connectivity index (χ4v) is 8.56. The predicted octanol–water partition coefficient (Wildman–Crippen LogP) is 7.04. The van der Waals surface area contributed by atoms with Gasteiger partial charge in [-0.2, -0.15) is 5.26 Å². The van der Waals surface area contributed by atoms with Crippen molar-refractivity contribution in [2.24, 2.45) is 11.8 Å². The molecule has 11 heteroatoms. The Hall–Kier alpha value is -4.69. The molecule has 2 heterocycles. The van der Waals surface area contributed by atoms with E-state index < -0.39 is 5.60 Å². The first kappa shape index (κ1) is 32.8. The third kappa shape index (κ3) is 7.20. The quantitative estimate of drug-likeness (QED) is 0.116. The Kier molecular flexibility index (Phi) is 9.16. The van der Waals surface area contributed by atoms with Crippen molar-refractivity contribution in [1.82, 2.24) is 15.3 Å². The summed E-state index contributed by atoms with van der Waals surface area (Å²) in [7, 11) is 0. The number of nitriles is 1. The molecule has 0 aliphatic heterocycles. The van der Waals surface area contributed by atoms with E-state index in [1.54, 1.807) is 30.5 Å². The van der Waals surface area contributed by atoms with Gasteiger partial charge >= 0.3 is 0 Å². The summed E-state index contributed by atoms with van der Waals surface area (Å²) in [5.74, 6) is 1.83. The molecule has 4 saturated carbocycles. The zero-order valence-corrected chi connectivity index (χ0v) is 28.1. The van der Waals surface area contributed by atoms with E-state index >= 15 is 0 Å². The first-order valence-corrected chi connectivity index (χ1v) is 17.2. The molecule has 4 fully saturated rings. The predicted molar refractivity (Wildman–Crippen MR) is 189 cm³/mol. The minimum absolute atomic E-state index is 0.0494. The molecule has 1 amide bonds. The first-order chi connectivity index (χ1) is 23.7. The number of nitrogens with zero attached hydrogens (tertiary/aromatic N) is 3. The average Bonchev–Trinajstić information content (AvgIpc) is 3.06. The summed E-state index contributed by atoms with van der Waals surface area (Å²) in [5.41, 5.74) is 2.71. The van der Waals surface area contributed by atoms with Gasteiger partial charge in [-0.15, -0.1) is 0 Å². The number of nitrogens with one attached hydrogen (secondary N) is 3. The van der Waals surface area contributed by atoms with Gasteiger partial charge in [0.25, 0.3) is 0 Å². The van der Waals surface area contributed by atoms with Crippen molar-refractivity contribution in [2.45, 2.75) is 63.2 Å². The Morgan fingerprint density at radius 3 is 2.65 bits per heavy atom. The molecule has 2 unspecified atom stereocenters. The number of anilines is 3. The molecule has 0 spiro atoms. The van der Waals surface area contributed by atoms with Crippen molar-refractivity contribution in [3.05, 3.63) is 89.4 Å². The molecule has 49 heavy (non-hydrogen) atoms. The summed E-state index contributed by atoms with van der Waals surface area (Å²) in [6, 6.07) is 16.6. The summed E-state index contributed by atoms with van der Waals surface area (Å²) < 4.78 is 11.7. The molecule has 10 nitrogen and oxygen atoms in total. The standard InChI is InChI=1S/C38H39ClN6O4/c1-2-48-34-15-31-29(14-32(34)45-35(46)7-5-11-43-37-16-24-12-25(17-37)19-38(47,18-24)23-37)36(26(20-40)21-42-31)44-27-8-9-33(30(39)13-27)49-22-28-6-3-4-10-41-28/h3-10,13-15,21,24-25,43,47H,2,11-12,16-19,22-23H2,1H3,(H,42,44)(H,45,46)/b7-5+. The van der Waals surface area contributed by atoms with Crippen molar-refractivity contribution in [3.8, 4) is 17.6 Å². The zero-order valence-electron chi connectivity index (χ0n) is 27.3. The largest absolute Gasteiger partial charge is 0.492 e. The van der Waals surface area contributed by atoms with Gasteiger partial charge in [-0.1, -0.05) is 23.7 Å². The van der Waals surface area contributed by atoms with Crippen LogP contribution in [0.25, 0.3) is 10.9 Å². The van der Waals surface area contributed by atoms with Crippen molar-refractivity contribution < 1.29 is 19.4 Å². The fourth-order valence-electron chi connectivity index (χ4n) is 8.32. The average molecular weight is 679 g/mol. The minimum atomic E-state index is -0.539. The normalized spacial score (nSPS) is 23.8. The molecular formula is C38H39ClN6O4. The van der Waals surface area contributed by atoms with E-state index in [1.807, 2.05) is 37.3 Å². The molecule has 4 bridgehead atoms. The third-order valence-electron chi connectivity index (χ3n) is 9.84. The van der Waals surface area contributed by atoms with E-state index in [0.29, 0.717) is 75.0 Å². The number of ether oxygens (including phenoxy) is 2. The molecule has 4 aliphatic carbocycles. The van der Waals surface area contributed by atoms with Crippen LogP contribution in [0.5, 0.6) is 11.5 Å². The Morgan fingerprint density at radius 1 is 1.10 bits per heavy atom. The monoisotopic (exact) mass is 678 g/mol. The second-order valence-electron chi connectivity index (χ2n) is 13.6. The highest BCUT2D eigenvalue weighted by atomic mass is 35.5. The van der Waals surface area contributed by atoms with Gasteiger partial charge in [-0.25, -0.2) is 0 Å². The third-order valence-corrected chi connectivity index (χ3v) is 10.1. The number of benzene rings is 2. The lowest BCUT2D eigenvalue weighted by molar-refractivity contribution is -0.141. The van der Waals surface area contributed by atoms with E-state index in [-0.39, 0.29) is 18.1 Å². The number of fused-ring (bicyclic) bond motifs is 1. The van der Waals surface area contributed by atoms with Crippen LogP contribution in [-0.2, 0) is 11.4 Å². The number of rotatable bonds is 12. The maximum atomic E-state index is 13.2. The summed E-state index contributed by atoms with van der Waals surface area (Å²) >= 11 is 6.58. The smallest absolute Gasteiger partial charge is 0.248 e. The van der Waals surface area contributed by atoms with Crippen LogP contribution in [0, 0.1) is 23.2 Å². The number of aliphatic hydroxyl groups is 1. The summed E-state index contributed by atoms with van der Waals surface area (Å²) in [6.07, 6.45) is 12.6. The molecule has 4 aromatic rings. The highest BCUT2D eigenvalue weighted by molar-refractivity contribution is 6.32. The Morgan fingerprint density at radius 2 is 1.94 bits per heavy atom. The summed E-state index contributed by atoms with van der Waals surface area (Å²) in [5, 5.41) is 32.0. The van der Waals surface area contributed by atoms with Crippen LogP contribution in [0.4, 0.5) is 17.1 Å². The molecule has 4 N–H and O–H groups in total. The number of hydrogen-bond donors (Lipinski definition) is 4. The first-order valence-electron chi connectivity index (χ1n) is 16.8. The molecule has 252 valence electrons. The number of carbonyl (C=O) groups excluding carboxylic acids is 1. The van der Waals surface area contributed by atoms with Crippen LogP contribution in [0.3, 0.4) is 0 Å². The maximum absolute atomic E-state index is 13.2. The van der Waals surface area contributed by atoms with Gasteiger partial charge < -0.3 is 30.5 Å². The van der Waals surface area contributed by atoms with Crippen LogP contribution < -0.4 is 25.4 Å². The number of halogens is 1. The van der Waals surface area contributed by atoms with Gasteiger partial charge in [0.1, 0.15) is 24.2 Å². The van der Waals surface area contributed by atoms with Crippen LogP contribution >= 0.6 is 11.6 Å². The number of aromatic nitrogens is 2. The fraction of sp³-hybridized carbons (Fsp3) is 0.368.